The average Bonchev–Trinajstić information content (AvgIpc) is 3.40. The van der Waals surface area contributed by atoms with Crippen molar-refractivity contribution >= 4 is 28.7 Å². The maximum absolute atomic E-state index is 13.6. The first kappa shape index (κ1) is 23.8. The molecule has 6 nitrogen and oxygen atoms in total. The number of amides is 1. The first-order valence-corrected chi connectivity index (χ1v) is 12.4. The van der Waals surface area contributed by atoms with Gasteiger partial charge < -0.3 is 20.5 Å². The number of phenolic OH excluding ortho intramolecular Hbond substituents is 1. The molecule has 0 fully saturated rings. The highest BCUT2D eigenvalue weighted by Gasteiger charge is 2.41. The van der Waals surface area contributed by atoms with Crippen molar-refractivity contribution in [3.05, 3.63) is 98.8 Å². The van der Waals surface area contributed by atoms with E-state index in [-0.39, 0.29) is 23.2 Å². The number of halogens is 1. The Labute approximate surface area is 212 Å². The normalized spacial score (nSPS) is 19.6. The molecule has 0 saturated carbocycles. The summed E-state index contributed by atoms with van der Waals surface area (Å²) >= 11 is 1.63. The van der Waals surface area contributed by atoms with Gasteiger partial charge in [0.1, 0.15) is 5.82 Å². The molecule has 1 aliphatic heterocycles. The van der Waals surface area contributed by atoms with Crippen LogP contribution < -0.4 is 15.4 Å². The van der Waals surface area contributed by atoms with Gasteiger partial charge in [-0.15, -0.1) is 11.3 Å². The maximum atomic E-state index is 13.6. The number of ketones is 1. The zero-order chi connectivity index (χ0) is 25.4. The van der Waals surface area contributed by atoms with Crippen LogP contribution in [0.4, 0.5) is 10.1 Å². The largest absolute Gasteiger partial charge is 0.504 e. The van der Waals surface area contributed by atoms with Crippen LogP contribution in [0.5, 0.6) is 11.5 Å². The maximum Gasteiger partial charge on any atom is 0.254 e. The lowest BCUT2D eigenvalue weighted by Gasteiger charge is -2.36. The Morgan fingerprint density at radius 2 is 1.94 bits per heavy atom. The average molecular weight is 505 g/mol. The summed E-state index contributed by atoms with van der Waals surface area (Å²) in [5, 5.41) is 18.4. The van der Waals surface area contributed by atoms with Crippen molar-refractivity contribution in [1.29, 1.82) is 0 Å². The summed E-state index contributed by atoms with van der Waals surface area (Å²) in [5.41, 5.74) is 3.46. The molecule has 2 aromatic carbocycles. The zero-order valence-electron chi connectivity index (χ0n) is 19.8. The topological polar surface area (TPSA) is 87.7 Å². The van der Waals surface area contributed by atoms with Crippen molar-refractivity contribution in [2.24, 2.45) is 0 Å². The number of methoxy groups -OCH3 is 1. The number of Topliss-reactive ketones (excluding diaryl/α,β-unsaturated/α-hetero) is 1. The fourth-order valence-corrected chi connectivity index (χ4v) is 5.83. The minimum atomic E-state index is -0.659. The molecule has 3 N–H and O–H groups in total. The summed E-state index contributed by atoms with van der Waals surface area (Å²) in [5.74, 6) is -1.20. The van der Waals surface area contributed by atoms with Gasteiger partial charge in [0.05, 0.1) is 7.11 Å². The van der Waals surface area contributed by atoms with E-state index in [0.29, 0.717) is 40.9 Å². The minimum absolute atomic E-state index is 0.0289. The number of thiophene rings is 1. The van der Waals surface area contributed by atoms with Gasteiger partial charge in [-0.3, -0.25) is 9.59 Å². The van der Waals surface area contributed by atoms with Crippen molar-refractivity contribution in [1.82, 2.24) is 5.32 Å². The quantitative estimate of drug-likeness (QED) is 0.421. The molecule has 0 bridgehead atoms. The smallest absolute Gasteiger partial charge is 0.254 e. The molecule has 0 radical (unpaired) electrons. The van der Waals surface area contributed by atoms with E-state index in [2.05, 4.69) is 10.6 Å². The molecule has 1 aliphatic carbocycles. The summed E-state index contributed by atoms with van der Waals surface area (Å²) in [7, 11) is 1.45. The number of anilines is 1. The van der Waals surface area contributed by atoms with E-state index in [0.717, 1.165) is 10.6 Å². The van der Waals surface area contributed by atoms with Crippen LogP contribution in [0.25, 0.3) is 0 Å². The second-order valence-electron chi connectivity index (χ2n) is 8.92. The molecule has 0 spiro atoms. The number of hydrogen-bond donors (Lipinski definition) is 3. The number of dihydropyridines is 1. The van der Waals surface area contributed by atoms with Gasteiger partial charge >= 0.3 is 0 Å². The Morgan fingerprint density at radius 3 is 2.64 bits per heavy atom. The Morgan fingerprint density at radius 1 is 1.17 bits per heavy atom. The fourth-order valence-electron chi connectivity index (χ4n) is 5.00. The summed E-state index contributed by atoms with van der Waals surface area (Å²) in [6, 6.07) is 14.4. The predicted octanol–water partition coefficient (Wildman–Crippen LogP) is 5.60. The van der Waals surface area contributed by atoms with Crippen LogP contribution in [0.3, 0.4) is 0 Å². The van der Waals surface area contributed by atoms with E-state index in [1.54, 1.807) is 23.5 Å². The highest BCUT2D eigenvalue weighted by atomic mass is 32.1. The van der Waals surface area contributed by atoms with Crippen molar-refractivity contribution in [2.75, 3.05) is 12.4 Å². The molecule has 3 aromatic rings. The van der Waals surface area contributed by atoms with Crippen molar-refractivity contribution in [3.63, 3.8) is 0 Å². The third kappa shape index (κ3) is 4.40. The van der Waals surface area contributed by atoms with E-state index >= 15 is 0 Å². The number of allylic oxidation sites excluding steroid dienone is 3. The molecule has 1 aromatic heterocycles. The fraction of sp³-hybridized carbons (Fsp3) is 0.214. The van der Waals surface area contributed by atoms with Gasteiger partial charge in [-0.25, -0.2) is 4.39 Å². The van der Waals surface area contributed by atoms with Crippen LogP contribution in [0.1, 0.15) is 42.0 Å². The van der Waals surface area contributed by atoms with Crippen molar-refractivity contribution in [3.8, 4) is 11.5 Å². The molecule has 36 heavy (non-hydrogen) atoms. The predicted molar refractivity (Wildman–Crippen MR) is 137 cm³/mol. The lowest BCUT2D eigenvalue weighted by molar-refractivity contribution is -0.116. The first-order valence-electron chi connectivity index (χ1n) is 11.6. The van der Waals surface area contributed by atoms with Crippen LogP contribution in [-0.2, 0) is 9.59 Å². The molecular formula is C28H25FN2O4S. The van der Waals surface area contributed by atoms with Gasteiger partial charge in [-0.2, -0.15) is 0 Å². The van der Waals surface area contributed by atoms with Gasteiger partial charge in [-0.05, 0) is 66.8 Å². The third-order valence-corrected chi connectivity index (χ3v) is 7.69. The highest BCUT2D eigenvalue weighted by Crippen LogP contribution is 2.47. The lowest BCUT2D eigenvalue weighted by atomic mass is 9.72. The molecule has 2 aliphatic rings. The van der Waals surface area contributed by atoms with Crippen LogP contribution >= 0.6 is 11.3 Å². The number of aromatic hydroxyl groups is 1. The van der Waals surface area contributed by atoms with Gasteiger partial charge in [0.2, 0.25) is 0 Å². The second-order valence-corrected chi connectivity index (χ2v) is 9.90. The summed E-state index contributed by atoms with van der Waals surface area (Å²) < 4.78 is 18.7. The van der Waals surface area contributed by atoms with E-state index in [4.69, 9.17) is 4.74 Å². The van der Waals surface area contributed by atoms with Gasteiger partial charge in [0, 0.05) is 51.4 Å². The number of carbonyl (C=O) groups is 2. The molecule has 2 atom stereocenters. The molecular weight excluding hydrogens is 479 g/mol. The number of nitrogens with one attached hydrogen (secondary N) is 2. The number of hydrogen-bond acceptors (Lipinski definition) is 6. The molecule has 8 heteroatoms. The molecule has 0 unspecified atom stereocenters. The van der Waals surface area contributed by atoms with Crippen molar-refractivity contribution in [2.45, 2.75) is 31.6 Å². The Hall–Kier alpha value is -3.91. The summed E-state index contributed by atoms with van der Waals surface area (Å²) in [6.07, 6.45) is 0.996. The minimum Gasteiger partial charge on any atom is -0.504 e. The monoisotopic (exact) mass is 504 g/mol. The van der Waals surface area contributed by atoms with E-state index in [1.165, 1.54) is 37.4 Å². The summed E-state index contributed by atoms with van der Waals surface area (Å²) in [4.78, 5) is 28.4. The Kier molecular flexibility index (Phi) is 6.36. The zero-order valence-corrected chi connectivity index (χ0v) is 20.6. The molecule has 0 saturated heterocycles. The SMILES string of the molecule is COc1cc([C@@H]2C(C(=O)Nc3ccc(F)cc3)=C(C)NC3=C2C(=O)C[C@@H](c2cccs2)C3)ccc1O. The Balaban J connectivity index is 1.59. The molecule has 1 amide bonds. The highest BCUT2D eigenvalue weighted by molar-refractivity contribution is 7.10. The van der Waals surface area contributed by atoms with Crippen LogP contribution in [0.15, 0.2) is 82.5 Å². The number of carbonyl (C=O) groups excluding carboxylic acids is 2. The van der Waals surface area contributed by atoms with Gasteiger partial charge in [-0.1, -0.05) is 12.1 Å². The molecule has 184 valence electrons. The second kappa shape index (κ2) is 9.62. The van der Waals surface area contributed by atoms with E-state index < -0.39 is 17.6 Å². The number of phenols is 1. The number of rotatable bonds is 5. The standard InChI is InChI=1S/C28H25FN2O4S/c1-15-25(28(34)31-19-8-6-18(29)7-9-19)26(16-5-10-21(32)23(14-16)35-2)27-20(30-15)12-17(13-22(27)33)24-4-3-11-36-24/h3-11,14,17,26,30,32H,12-13H2,1-2H3,(H,31,34)/t17-,26+/m0/s1. The number of benzene rings is 2. The van der Waals surface area contributed by atoms with Crippen LogP contribution in [-0.4, -0.2) is 23.9 Å². The third-order valence-electron chi connectivity index (χ3n) is 6.66. The van der Waals surface area contributed by atoms with Gasteiger partial charge in [0.25, 0.3) is 5.91 Å². The summed E-state index contributed by atoms with van der Waals surface area (Å²) in [6.45, 7) is 1.81. The van der Waals surface area contributed by atoms with E-state index in [9.17, 15) is 19.1 Å². The van der Waals surface area contributed by atoms with Crippen LogP contribution in [0.2, 0.25) is 0 Å². The first-order chi connectivity index (χ1) is 17.4. The number of ether oxygens (including phenoxy) is 1. The van der Waals surface area contributed by atoms with Gasteiger partial charge in [0.15, 0.2) is 17.3 Å². The molecule has 5 rings (SSSR count). The van der Waals surface area contributed by atoms with Crippen molar-refractivity contribution < 1.29 is 23.8 Å². The van der Waals surface area contributed by atoms with E-state index in [1.807, 2.05) is 24.4 Å². The molecule has 2 heterocycles. The van der Waals surface area contributed by atoms with Crippen LogP contribution in [0, 0.1) is 5.82 Å². The lowest BCUT2D eigenvalue weighted by Crippen LogP contribution is -2.37. The Bertz CT molecular complexity index is 1390.